The molecule has 5 atom stereocenters. The third-order valence-corrected chi connectivity index (χ3v) is 7.05. The molecule has 3 rings (SSSR count). The van der Waals surface area contributed by atoms with Crippen molar-refractivity contribution < 1.29 is 9.59 Å². The summed E-state index contributed by atoms with van der Waals surface area (Å²) >= 11 is 0. The summed E-state index contributed by atoms with van der Waals surface area (Å²) in [5, 5.41) is 3.29. The zero-order chi connectivity index (χ0) is 18.4. The van der Waals surface area contributed by atoms with Crippen molar-refractivity contribution in [3.63, 3.8) is 0 Å². The normalized spacial score (nSPS) is 31.1. The number of carbonyl (C=O) groups is 2. The van der Waals surface area contributed by atoms with Gasteiger partial charge in [0.05, 0.1) is 0 Å². The number of amides is 2. The third kappa shape index (κ3) is 3.88. The third-order valence-electron chi connectivity index (χ3n) is 7.05. The molecule has 0 radical (unpaired) electrons. The van der Waals surface area contributed by atoms with Gasteiger partial charge in [-0.05, 0) is 42.4 Å². The summed E-state index contributed by atoms with van der Waals surface area (Å²) in [6.07, 6.45) is 7.17. The molecule has 4 nitrogen and oxygen atoms in total. The van der Waals surface area contributed by atoms with Crippen LogP contribution < -0.4 is 5.32 Å². The lowest BCUT2D eigenvalue weighted by Gasteiger charge is -2.35. The van der Waals surface area contributed by atoms with Crippen LogP contribution in [0.15, 0.2) is 0 Å². The number of rotatable bonds is 6. The molecule has 25 heavy (non-hydrogen) atoms. The fourth-order valence-corrected chi connectivity index (χ4v) is 4.39. The van der Waals surface area contributed by atoms with E-state index in [1.165, 1.54) is 19.3 Å². The largest absolute Gasteiger partial charge is 0.352 e. The molecule has 2 amide bonds. The summed E-state index contributed by atoms with van der Waals surface area (Å²) in [4.78, 5) is 27.9. The number of hydrogen-bond acceptors (Lipinski definition) is 2. The van der Waals surface area contributed by atoms with E-state index in [4.69, 9.17) is 0 Å². The maximum Gasteiger partial charge on any atom is 0.243 e. The standard InChI is InChI=1S/C21H36N2O2/c1-6-16(10-14-8-7-9-14)22-19(24)18-17-11-15(17)12-23(18)20(25)13(2)21(3,4)5/h13-18H,6-12H2,1-5H3,(H,22,24)/t13?,15-,16?,17-,18?/m0/s1. The molecule has 3 aliphatic rings. The van der Waals surface area contributed by atoms with E-state index in [-0.39, 0.29) is 35.2 Å². The smallest absolute Gasteiger partial charge is 0.243 e. The van der Waals surface area contributed by atoms with E-state index in [2.05, 4.69) is 33.0 Å². The van der Waals surface area contributed by atoms with E-state index in [0.717, 1.165) is 31.7 Å². The van der Waals surface area contributed by atoms with Gasteiger partial charge in [-0.15, -0.1) is 0 Å². The maximum absolute atomic E-state index is 13.0. The first kappa shape index (κ1) is 18.7. The first-order chi connectivity index (χ1) is 11.7. The molecule has 1 N–H and O–H groups in total. The van der Waals surface area contributed by atoms with Gasteiger partial charge in [-0.2, -0.15) is 0 Å². The lowest BCUT2D eigenvalue weighted by Crippen LogP contribution is -2.53. The lowest BCUT2D eigenvalue weighted by molar-refractivity contribution is -0.145. The summed E-state index contributed by atoms with van der Waals surface area (Å²) in [5.41, 5.74) is -0.0684. The highest BCUT2D eigenvalue weighted by atomic mass is 16.2. The summed E-state index contributed by atoms with van der Waals surface area (Å²) in [6, 6.07) is 0.0466. The zero-order valence-electron chi connectivity index (χ0n) is 16.7. The Bertz CT molecular complexity index is 520. The van der Waals surface area contributed by atoms with Gasteiger partial charge in [-0.1, -0.05) is 53.9 Å². The van der Waals surface area contributed by atoms with Crippen LogP contribution in [0.1, 0.15) is 73.1 Å². The monoisotopic (exact) mass is 348 g/mol. The molecule has 3 fully saturated rings. The van der Waals surface area contributed by atoms with Crippen LogP contribution in [-0.2, 0) is 9.59 Å². The van der Waals surface area contributed by atoms with E-state index in [9.17, 15) is 9.59 Å². The predicted octanol–water partition coefficient (Wildman–Crippen LogP) is 3.60. The molecule has 142 valence electrons. The Balaban J connectivity index is 1.64. The van der Waals surface area contributed by atoms with Gasteiger partial charge in [0, 0.05) is 18.5 Å². The number of nitrogens with zero attached hydrogens (tertiary/aromatic N) is 1. The van der Waals surface area contributed by atoms with Crippen molar-refractivity contribution in [1.29, 1.82) is 0 Å². The number of nitrogens with one attached hydrogen (secondary N) is 1. The Labute approximate surface area is 153 Å². The summed E-state index contributed by atoms with van der Waals surface area (Å²) in [6.45, 7) is 11.3. The fourth-order valence-electron chi connectivity index (χ4n) is 4.39. The van der Waals surface area contributed by atoms with Crippen molar-refractivity contribution in [2.45, 2.75) is 85.2 Å². The maximum atomic E-state index is 13.0. The Kier molecular flexibility index (Phi) is 5.18. The van der Waals surface area contributed by atoms with E-state index in [1.54, 1.807) is 0 Å². The number of hydrogen-bond donors (Lipinski definition) is 1. The van der Waals surface area contributed by atoms with Gasteiger partial charge in [0.1, 0.15) is 6.04 Å². The van der Waals surface area contributed by atoms with Gasteiger partial charge < -0.3 is 10.2 Å². The van der Waals surface area contributed by atoms with E-state index < -0.39 is 0 Å². The van der Waals surface area contributed by atoms with Gasteiger partial charge in [0.25, 0.3) is 0 Å². The summed E-state index contributed by atoms with van der Waals surface area (Å²) in [5.74, 6) is 1.95. The minimum Gasteiger partial charge on any atom is -0.352 e. The van der Waals surface area contributed by atoms with Crippen LogP contribution in [0.5, 0.6) is 0 Å². The Hall–Kier alpha value is -1.06. The van der Waals surface area contributed by atoms with Crippen LogP contribution in [-0.4, -0.2) is 35.3 Å². The quantitative estimate of drug-likeness (QED) is 0.797. The molecule has 0 aromatic carbocycles. The average Bonchev–Trinajstić information content (AvgIpc) is 3.16. The topological polar surface area (TPSA) is 49.4 Å². The molecule has 2 aliphatic carbocycles. The predicted molar refractivity (Wildman–Crippen MR) is 99.9 cm³/mol. The second-order valence-electron chi connectivity index (χ2n) is 9.83. The van der Waals surface area contributed by atoms with Crippen molar-refractivity contribution in [3.8, 4) is 0 Å². The Morgan fingerprint density at radius 2 is 1.92 bits per heavy atom. The van der Waals surface area contributed by atoms with Crippen LogP contribution in [0.2, 0.25) is 0 Å². The van der Waals surface area contributed by atoms with Crippen LogP contribution in [0.25, 0.3) is 0 Å². The van der Waals surface area contributed by atoms with Crippen molar-refractivity contribution in [3.05, 3.63) is 0 Å². The van der Waals surface area contributed by atoms with Crippen molar-refractivity contribution >= 4 is 11.8 Å². The van der Waals surface area contributed by atoms with Crippen LogP contribution >= 0.6 is 0 Å². The molecule has 0 bridgehead atoms. The molecular weight excluding hydrogens is 312 g/mol. The highest BCUT2D eigenvalue weighted by Crippen LogP contribution is 2.50. The van der Waals surface area contributed by atoms with E-state index in [1.807, 2.05) is 11.8 Å². The lowest BCUT2D eigenvalue weighted by atomic mass is 9.80. The minimum absolute atomic E-state index is 0.0581. The van der Waals surface area contributed by atoms with Crippen LogP contribution in [0, 0.1) is 29.1 Å². The average molecular weight is 349 g/mol. The van der Waals surface area contributed by atoms with Gasteiger partial charge in [-0.25, -0.2) is 0 Å². The van der Waals surface area contributed by atoms with E-state index in [0.29, 0.717) is 11.8 Å². The van der Waals surface area contributed by atoms with Crippen LogP contribution in [0.3, 0.4) is 0 Å². The van der Waals surface area contributed by atoms with E-state index >= 15 is 0 Å². The first-order valence-electron chi connectivity index (χ1n) is 10.3. The fraction of sp³-hybridized carbons (Fsp3) is 0.905. The van der Waals surface area contributed by atoms with Crippen molar-refractivity contribution in [2.75, 3.05) is 6.54 Å². The summed E-state index contributed by atoms with van der Waals surface area (Å²) < 4.78 is 0. The summed E-state index contributed by atoms with van der Waals surface area (Å²) in [7, 11) is 0. The van der Waals surface area contributed by atoms with Gasteiger partial charge >= 0.3 is 0 Å². The van der Waals surface area contributed by atoms with Gasteiger partial charge in [0.15, 0.2) is 0 Å². The molecule has 1 saturated heterocycles. The Morgan fingerprint density at radius 1 is 1.24 bits per heavy atom. The molecule has 0 aromatic heterocycles. The highest BCUT2D eigenvalue weighted by Gasteiger charge is 2.57. The number of carbonyl (C=O) groups excluding carboxylic acids is 2. The molecule has 0 spiro atoms. The molecule has 1 aliphatic heterocycles. The molecule has 3 unspecified atom stereocenters. The molecule has 1 heterocycles. The van der Waals surface area contributed by atoms with Gasteiger partial charge in [0.2, 0.25) is 11.8 Å². The SMILES string of the molecule is CCC(CC1CCC1)NC(=O)C1[C@H]2C[C@H]2CN1C(=O)C(C)C(C)(C)C. The first-order valence-corrected chi connectivity index (χ1v) is 10.3. The molecule has 0 aromatic rings. The Morgan fingerprint density at radius 3 is 2.44 bits per heavy atom. The van der Waals surface area contributed by atoms with Crippen molar-refractivity contribution in [2.24, 2.45) is 29.1 Å². The van der Waals surface area contributed by atoms with Gasteiger partial charge in [-0.3, -0.25) is 9.59 Å². The minimum atomic E-state index is -0.224. The molecular formula is C21H36N2O2. The second-order valence-corrected chi connectivity index (χ2v) is 9.83. The highest BCUT2D eigenvalue weighted by molar-refractivity contribution is 5.90. The van der Waals surface area contributed by atoms with Crippen LogP contribution in [0.4, 0.5) is 0 Å². The molecule has 4 heteroatoms. The number of likely N-dealkylation sites (tertiary alicyclic amines) is 1. The zero-order valence-corrected chi connectivity index (χ0v) is 16.7. The number of fused-ring (bicyclic) bond motifs is 1. The molecule has 2 saturated carbocycles. The second kappa shape index (κ2) is 6.92. The van der Waals surface area contributed by atoms with Crippen molar-refractivity contribution in [1.82, 2.24) is 10.2 Å². The number of piperidine rings is 1.